The maximum absolute atomic E-state index is 10.9. The summed E-state index contributed by atoms with van der Waals surface area (Å²) in [4.78, 5) is 10.9. The lowest BCUT2D eigenvalue weighted by molar-refractivity contribution is -0.121. The molecular weight excluding hydrogens is 188 g/mol. The molecule has 3 rings (SSSR count). The highest BCUT2D eigenvalue weighted by Gasteiger charge is 2.64. The van der Waals surface area contributed by atoms with Gasteiger partial charge in [0.1, 0.15) is 0 Å². The highest BCUT2D eigenvalue weighted by molar-refractivity contribution is 5.76. The third-order valence-electron chi connectivity index (χ3n) is 4.88. The van der Waals surface area contributed by atoms with Crippen LogP contribution >= 0.6 is 0 Å². The lowest BCUT2D eigenvalue weighted by Crippen LogP contribution is -2.34. The molecule has 5 unspecified atom stereocenters. The van der Waals surface area contributed by atoms with Crippen molar-refractivity contribution >= 4 is 5.91 Å². The summed E-state index contributed by atoms with van der Waals surface area (Å²) in [5, 5.41) is 3.54. The van der Waals surface area contributed by atoms with E-state index in [1.807, 2.05) is 6.92 Å². The van der Waals surface area contributed by atoms with Crippen LogP contribution in [0.4, 0.5) is 0 Å². The third kappa shape index (κ3) is 1.40. The Labute approximate surface area is 90.8 Å². The van der Waals surface area contributed by atoms with Gasteiger partial charge in [0, 0.05) is 18.5 Å². The standard InChI is InChI=1S/C12H20N2O/c1-6(12(13)15)5-14-11-9-7-2-3-8(4-7)10(9)11/h6-11,14H,2-5H2,1H3,(H2,13,15). The average Bonchev–Trinajstić information content (AvgIpc) is 2.61. The van der Waals surface area contributed by atoms with Crippen LogP contribution in [0.2, 0.25) is 0 Å². The summed E-state index contributed by atoms with van der Waals surface area (Å²) in [5.41, 5.74) is 5.25. The Morgan fingerprint density at radius 3 is 2.53 bits per heavy atom. The highest BCUT2D eigenvalue weighted by atomic mass is 16.1. The van der Waals surface area contributed by atoms with Gasteiger partial charge in [0.15, 0.2) is 0 Å². The van der Waals surface area contributed by atoms with Gasteiger partial charge in [0.25, 0.3) is 0 Å². The normalized spacial score (nSPS) is 47.7. The molecule has 0 radical (unpaired) electrons. The molecule has 0 saturated heterocycles. The molecule has 1 amide bonds. The Balaban J connectivity index is 1.50. The van der Waals surface area contributed by atoms with E-state index in [0.717, 1.165) is 36.3 Å². The molecule has 0 aromatic rings. The first kappa shape index (κ1) is 9.64. The summed E-state index contributed by atoms with van der Waals surface area (Å²) < 4.78 is 0. The number of nitrogens with two attached hydrogens (primary N) is 1. The molecule has 3 heteroatoms. The fraction of sp³-hybridized carbons (Fsp3) is 0.917. The number of primary amides is 1. The molecule has 3 saturated carbocycles. The van der Waals surface area contributed by atoms with Crippen LogP contribution in [0.25, 0.3) is 0 Å². The lowest BCUT2D eigenvalue weighted by Gasteiger charge is -2.12. The van der Waals surface area contributed by atoms with Gasteiger partial charge in [-0.05, 0) is 42.9 Å². The Bertz CT molecular complexity index is 275. The van der Waals surface area contributed by atoms with Crippen LogP contribution in [-0.4, -0.2) is 18.5 Å². The van der Waals surface area contributed by atoms with Crippen LogP contribution in [0.15, 0.2) is 0 Å². The number of hydrogen-bond acceptors (Lipinski definition) is 2. The summed E-state index contributed by atoms with van der Waals surface area (Å²) in [6.45, 7) is 2.68. The monoisotopic (exact) mass is 208 g/mol. The van der Waals surface area contributed by atoms with E-state index >= 15 is 0 Å². The highest BCUT2D eigenvalue weighted by Crippen LogP contribution is 2.65. The first-order chi connectivity index (χ1) is 7.18. The Hall–Kier alpha value is -0.570. The molecule has 0 aromatic heterocycles. The fourth-order valence-electron chi connectivity index (χ4n) is 4.01. The molecule has 0 aromatic carbocycles. The van der Waals surface area contributed by atoms with Crippen LogP contribution in [0.3, 0.4) is 0 Å². The van der Waals surface area contributed by atoms with Gasteiger partial charge < -0.3 is 11.1 Å². The largest absolute Gasteiger partial charge is 0.369 e. The number of fused-ring (bicyclic) bond motifs is 5. The number of hydrogen-bond donors (Lipinski definition) is 2. The van der Waals surface area contributed by atoms with Crippen LogP contribution in [0.1, 0.15) is 26.2 Å². The lowest BCUT2D eigenvalue weighted by atomic mass is 10.0. The molecule has 0 heterocycles. The molecule has 3 aliphatic carbocycles. The van der Waals surface area contributed by atoms with Crippen LogP contribution in [0, 0.1) is 29.6 Å². The van der Waals surface area contributed by atoms with Gasteiger partial charge in [0.2, 0.25) is 5.91 Å². The minimum Gasteiger partial charge on any atom is -0.369 e. The van der Waals surface area contributed by atoms with E-state index in [1.165, 1.54) is 19.3 Å². The molecule has 0 spiro atoms. The van der Waals surface area contributed by atoms with E-state index < -0.39 is 0 Å². The van der Waals surface area contributed by atoms with E-state index in [1.54, 1.807) is 0 Å². The van der Waals surface area contributed by atoms with Crippen molar-refractivity contribution in [3.8, 4) is 0 Å². The maximum Gasteiger partial charge on any atom is 0.221 e. The summed E-state index contributed by atoms with van der Waals surface area (Å²) in [7, 11) is 0. The van der Waals surface area contributed by atoms with E-state index in [4.69, 9.17) is 5.73 Å². The Kier molecular flexibility index (Phi) is 2.06. The van der Waals surface area contributed by atoms with E-state index in [9.17, 15) is 4.79 Å². The van der Waals surface area contributed by atoms with Crippen molar-refractivity contribution in [2.75, 3.05) is 6.54 Å². The second kappa shape index (κ2) is 3.21. The number of carbonyl (C=O) groups is 1. The zero-order chi connectivity index (χ0) is 10.6. The molecule has 3 N–H and O–H groups in total. The number of amides is 1. The van der Waals surface area contributed by atoms with Gasteiger partial charge in [0.05, 0.1) is 0 Å². The van der Waals surface area contributed by atoms with Gasteiger partial charge in [-0.2, -0.15) is 0 Å². The van der Waals surface area contributed by atoms with E-state index in [0.29, 0.717) is 0 Å². The topological polar surface area (TPSA) is 55.1 Å². The first-order valence-electron chi connectivity index (χ1n) is 6.21. The SMILES string of the molecule is CC(CNC1C2C3CCC(C3)C12)C(N)=O. The Morgan fingerprint density at radius 2 is 2.00 bits per heavy atom. The van der Waals surface area contributed by atoms with Crippen molar-refractivity contribution in [2.24, 2.45) is 35.3 Å². The van der Waals surface area contributed by atoms with Gasteiger partial charge in [-0.1, -0.05) is 6.92 Å². The summed E-state index contributed by atoms with van der Waals surface area (Å²) >= 11 is 0. The summed E-state index contributed by atoms with van der Waals surface area (Å²) in [5.74, 6) is 3.69. The number of rotatable bonds is 4. The van der Waals surface area contributed by atoms with Crippen molar-refractivity contribution in [3.63, 3.8) is 0 Å². The third-order valence-corrected chi connectivity index (χ3v) is 4.88. The molecular formula is C12H20N2O. The molecule has 84 valence electrons. The molecule has 3 fully saturated rings. The van der Waals surface area contributed by atoms with E-state index in [2.05, 4.69) is 5.32 Å². The van der Waals surface area contributed by atoms with Crippen molar-refractivity contribution in [1.29, 1.82) is 0 Å². The van der Waals surface area contributed by atoms with Crippen molar-refractivity contribution < 1.29 is 4.79 Å². The predicted octanol–water partition coefficient (Wildman–Crippen LogP) is 0.742. The van der Waals surface area contributed by atoms with Gasteiger partial charge in [-0.25, -0.2) is 0 Å². The quantitative estimate of drug-likeness (QED) is 0.716. The smallest absolute Gasteiger partial charge is 0.221 e. The van der Waals surface area contributed by atoms with Crippen molar-refractivity contribution in [3.05, 3.63) is 0 Å². The number of nitrogens with one attached hydrogen (secondary N) is 1. The predicted molar refractivity (Wildman–Crippen MR) is 58.0 cm³/mol. The zero-order valence-corrected chi connectivity index (χ0v) is 9.28. The Morgan fingerprint density at radius 1 is 1.40 bits per heavy atom. The summed E-state index contributed by atoms with van der Waals surface area (Å²) in [6, 6.07) is 0.720. The van der Waals surface area contributed by atoms with Gasteiger partial charge in [-0.15, -0.1) is 0 Å². The maximum atomic E-state index is 10.9. The van der Waals surface area contributed by atoms with Crippen LogP contribution in [-0.2, 0) is 4.79 Å². The molecule has 2 bridgehead atoms. The second-order valence-corrected chi connectivity index (χ2v) is 5.73. The van der Waals surface area contributed by atoms with Crippen LogP contribution in [0.5, 0.6) is 0 Å². The molecule has 3 aliphatic rings. The van der Waals surface area contributed by atoms with Crippen molar-refractivity contribution in [1.82, 2.24) is 5.32 Å². The minimum absolute atomic E-state index is 0.0241. The number of carbonyl (C=O) groups excluding carboxylic acids is 1. The minimum atomic E-state index is -0.184. The summed E-state index contributed by atoms with van der Waals surface area (Å²) in [6.07, 6.45) is 4.39. The first-order valence-corrected chi connectivity index (χ1v) is 6.21. The second-order valence-electron chi connectivity index (χ2n) is 5.73. The van der Waals surface area contributed by atoms with Gasteiger partial charge in [-0.3, -0.25) is 4.79 Å². The zero-order valence-electron chi connectivity index (χ0n) is 9.28. The van der Waals surface area contributed by atoms with E-state index in [-0.39, 0.29) is 11.8 Å². The molecule has 15 heavy (non-hydrogen) atoms. The average molecular weight is 208 g/mol. The molecule has 0 aliphatic heterocycles. The fourth-order valence-corrected chi connectivity index (χ4v) is 4.01. The van der Waals surface area contributed by atoms with Crippen LogP contribution < -0.4 is 11.1 Å². The molecule has 3 nitrogen and oxygen atoms in total. The van der Waals surface area contributed by atoms with Crippen molar-refractivity contribution in [2.45, 2.75) is 32.2 Å². The van der Waals surface area contributed by atoms with Gasteiger partial charge >= 0.3 is 0 Å². The molecule has 5 atom stereocenters.